The van der Waals surface area contributed by atoms with E-state index in [1.165, 1.54) is 0 Å². The van der Waals surface area contributed by atoms with Gasteiger partial charge in [-0.15, -0.1) is 0 Å². The van der Waals surface area contributed by atoms with Gasteiger partial charge in [-0.05, 0) is 43.1 Å². The van der Waals surface area contributed by atoms with Crippen LogP contribution in [0.2, 0.25) is 0 Å². The summed E-state index contributed by atoms with van der Waals surface area (Å²) in [5.41, 5.74) is 1.84. The number of hydrogen-bond acceptors (Lipinski definition) is 5. The molecule has 0 aliphatic carbocycles. The fourth-order valence-electron chi connectivity index (χ4n) is 4.25. The number of para-hydroxylation sites is 1. The van der Waals surface area contributed by atoms with E-state index in [9.17, 15) is 8.42 Å². The Morgan fingerprint density at radius 1 is 1.00 bits per heavy atom. The maximum absolute atomic E-state index is 13.6. The maximum atomic E-state index is 13.6. The van der Waals surface area contributed by atoms with Crippen molar-refractivity contribution in [2.75, 3.05) is 30.6 Å². The van der Waals surface area contributed by atoms with Crippen LogP contribution in [-0.4, -0.2) is 45.7 Å². The van der Waals surface area contributed by atoms with E-state index < -0.39 is 10.0 Å². The average Bonchev–Trinajstić information content (AvgIpc) is 3.06. The molecule has 2 aromatic carbocycles. The summed E-state index contributed by atoms with van der Waals surface area (Å²) in [6, 6.07) is 13.0. The fourth-order valence-corrected chi connectivity index (χ4v) is 5.80. The molecule has 3 aliphatic heterocycles. The second kappa shape index (κ2) is 6.42. The number of fused-ring (bicyclic) bond motifs is 3. The Balaban J connectivity index is 1.59. The maximum Gasteiger partial charge on any atom is 0.264 e. The second-order valence-corrected chi connectivity index (χ2v) is 9.10. The van der Waals surface area contributed by atoms with Crippen molar-refractivity contribution in [3.05, 3.63) is 48.0 Å². The summed E-state index contributed by atoms with van der Waals surface area (Å²) in [5.74, 6) is 1.09. The lowest BCUT2D eigenvalue weighted by Gasteiger charge is -2.28. The third kappa shape index (κ3) is 2.85. The minimum Gasteiger partial charge on any atom is -0.486 e. The molecule has 0 amide bonds. The van der Waals surface area contributed by atoms with Crippen LogP contribution in [0.25, 0.3) is 0 Å². The van der Waals surface area contributed by atoms with Crippen LogP contribution in [0.15, 0.2) is 47.4 Å². The number of anilines is 1. The smallest absolute Gasteiger partial charge is 0.264 e. The van der Waals surface area contributed by atoms with Crippen LogP contribution in [0.4, 0.5) is 5.69 Å². The third-order valence-corrected chi connectivity index (χ3v) is 7.39. The van der Waals surface area contributed by atoms with Gasteiger partial charge in [-0.1, -0.05) is 18.2 Å². The normalized spacial score (nSPS) is 22.1. The van der Waals surface area contributed by atoms with Crippen LogP contribution < -0.4 is 13.8 Å². The van der Waals surface area contributed by atoms with Crippen molar-refractivity contribution in [1.29, 1.82) is 0 Å². The highest BCUT2D eigenvalue weighted by Gasteiger charge is 2.36. The van der Waals surface area contributed by atoms with Gasteiger partial charge in [0.25, 0.3) is 10.0 Å². The molecule has 1 fully saturated rings. The van der Waals surface area contributed by atoms with Crippen molar-refractivity contribution < 1.29 is 17.9 Å². The molecule has 2 aromatic rings. The van der Waals surface area contributed by atoms with Crippen LogP contribution in [0.1, 0.15) is 18.4 Å². The van der Waals surface area contributed by atoms with Crippen molar-refractivity contribution in [2.24, 2.45) is 0 Å². The molecule has 0 saturated carbocycles. The van der Waals surface area contributed by atoms with Crippen LogP contribution in [0.5, 0.6) is 11.5 Å². The van der Waals surface area contributed by atoms with Gasteiger partial charge < -0.3 is 9.47 Å². The Hall–Kier alpha value is -2.25. The minimum atomic E-state index is -3.70. The molecule has 142 valence electrons. The zero-order chi connectivity index (χ0) is 18.4. The molecule has 0 radical (unpaired) electrons. The molecule has 1 unspecified atom stereocenters. The van der Waals surface area contributed by atoms with E-state index in [1.807, 2.05) is 24.3 Å². The summed E-state index contributed by atoms with van der Waals surface area (Å²) < 4.78 is 39.9. The van der Waals surface area contributed by atoms with E-state index in [-0.39, 0.29) is 10.9 Å². The van der Waals surface area contributed by atoms with Crippen LogP contribution >= 0.6 is 0 Å². The molecule has 3 heterocycles. The number of hydrogen-bond donors (Lipinski definition) is 0. The van der Waals surface area contributed by atoms with Crippen molar-refractivity contribution in [3.63, 3.8) is 0 Å². The number of ether oxygens (including phenoxy) is 2. The Morgan fingerprint density at radius 2 is 1.81 bits per heavy atom. The Kier molecular flexibility index (Phi) is 4.02. The van der Waals surface area contributed by atoms with Gasteiger partial charge >= 0.3 is 0 Å². The zero-order valence-corrected chi connectivity index (χ0v) is 15.8. The standard InChI is InChI=1S/C20H22N2O4S/c23-27(24,17-7-8-19-20(12-17)26-11-10-25-19)22-14-16-5-3-9-21(16)13-15-4-1-2-6-18(15)22/h1-2,4,6-8,12,16H,3,5,9-11,13-14H2. The summed E-state index contributed by atoms with van der Waals surface area (Å²) in [4.78, 5) is 2.64. The first-order valence-corrected chi connectivity index (χ1v) is 10.8. The van der Waals surface area contributed by atoms with Gasteiger partial charge in [-0.25, -0.2) is 8.42 Å². The summed E-state index contributed by atoms with van der Waals surface area (Å²) in [5, 5.41) is 0. The number of nitrogens with zero attached hydrogens (tertiary/aromatic N) is 2. The van der Waals surface area contributed by atoms with Gasteiger partial charge in [0.2, 0.25) is 0 Å². The van der Waals surface area contributed by atoms with Crippen molar-refractivity contribution >= 4 is 15.7 Å². The lowest BCUT2D eigenvalue weighted by molar-refractivity contribution is 0.171. The molecule has 27 heavy (non-hydrogen) atoms. The summed E-state index contributed by atoms with van der Waals surface area (Å²) >= 11 is 0. The predicted molar refractivity (Wildman–Crippen MR) is 102 cm³/mol. The van der Waals surface area contributed by atoms with E-state index >= 15 is 0 Å². The number of rotatable bonds is 2. The molecule has 0 N–H and O–H groups in total. The first-order chi connectivity index (χ1) is 13.1. The van der Waals surface area contributed by atoms with Gasteiger partial charge in [0.15, 0.2) is 11.5 Å². The summed E-state index contributed by atoms with van der Waals surface area (Å²) in [6.45, 7) is 3.22. The van der Waals surface area contributed by atoms with E-state index in [1.54, 1.807) is 22.5 Å². The highest BCUT2D eigenvalue weighted by Crippen LogP contribution is 2.37. The van der Waals surface area contributed by atoms with Gasteiger partial charge in [-0.2, -0.15) is 0 Å². The van der Waals surface area contributed by atoms with Gasteiger partial charge in [-0.3, -0.25) is 9.21 Å². The molecule has 0 aromatic heterocycles. The van der Waals surface area contributed by atoms with Gasteiger partial charge in [0, 0.05) is 25.2 Å². The average molecular weight is 386 g/mol. The predicted octanol–water partition coefficient (Wildman–Crippen LogP) is 2.63. The van der Waals surface area contributed by atoms with Crippen LogP contribution in [0, 0.1) is 0 Å². The summed E-state index contributed by atoms with van der Waals surface area (Å²) in [7, 11) is -3.70. The van der Waals surface area contributed by atoms with E-state index in [2.05, 4.69) is 4.90 Å². The monoisotopic (exact) mass is 386 g/mol. The van der Waals surface area contributed by atoms with E-state index in [0.29, 0.717) is 31.3 Å². The third-order valence-electron chi connectivity index (χ3n) is 5.61. The highest BCUT2D eigenvalue weighted by atomic mass is 32.2. The highest BCUT2D eigenvalue weighted by molar-refractivity contribution is 7.92. The van der Waals surface area contributed by atoms with Gasteiger partial charge in [0.05, 0.1) is 10.6 Å². The topological polar surface area (TPSA) is 59.1 Å². The molecule has 5 rings (SSSR count). The first kappa shape index (κ1) is 16.9. The van der Waals surface area contributed by atoms with Crippen molar-refractivity contribution in [2.45, 2.75) is 30.3 Å². The number of sulfonamides is 1. The molecule has 3 aliphatic rings. The molecule has 6 nitrogen and oxygen atoms in total. The lowest BCUT2D eigenvalue weighted by Crippen LogP contribution is -2.40. The van der Waals surface area contributed by atoms with Crippen LogP contribution in [-0.2, 0) is 16.6 Å². The molecule has 7 heteroatoms. The molecule has 0 spiro atoms. The van der Waals surface area contributed by atoms with Crippen molar-refractivity contribution in [3.8, 4) is 11.5 Å². The van der Waals surface area contributed by atoms with Crippen LogP contribution in [0.3, 0.4) is 0 Å². The molecule has 1 saturated heterocycles. The second-order valence-electron chi connectivity index (χ2n) is 7.24. The summed E-state index contributed by atoms with van der Waals surface area (Å²) in [6.07, 6.45) is 2.14. The number of benzene rings is 2. The molecule has 1 atom stereocenters. The zero-order valence-electron chi connectivity index (χ0n) is 15.0. The largest absolute Gasteiger partial charge is 0.486 e. The fraction of sp³-hybridized carbons (Fsp3) is 0.400. The minimum absolute atomic E-state index is 0.244. The molecule has 0 bridgehead atoms. The molecular formula is C20H22N2O4S. The van der Waals surface area contributed by atoms with Gasteiger partial charge in [0.1, 0.15) is 13.2 Å². The Bertz CT molecular complexity index is 976. The molecular weight excluding hydrogens is 364 g/mol. The quantitative estimate of drug-likeness (QED) is 0.794. The first-order valence-electron chi connectivity index (χ1n) is 9.37. The van der Waals surface area contributed by atoms with Crippen molar-refractivity contribution in [1.82, 2.24) is 4.90 Å². The SMILES string of the molecule is O=S(=O)(c1ccc2c(c1)OCCO2)N1CC2CCCN2Cc2ccccc21. The Morgan fingerprint density at radius 3 is 2.70 bits per heavy atom. The Labute approximate surface area is 159 Å². The lowest BCUT2D eigenvalue weighted by atomic mass is 10.2. The van der Waals surface area contributed by atoms with E-state index in [0.717, 1.165) is 37.2 Å². The van der Waals surface area contributed by atoms with E-state index in [4.69, 9.17) is 9.47 Å².